The van der Waals surface area contributed by atoms with E-state index in [4.69, 9.17) is 9.97 Å². The molecule has 0 saturated heterocycles. The van der Waals surface area contributed by atoms with Gasteiger partial charge in [-0.2, -0.15) is 0 Å². The summed E-state index contributed by atoms with van der Waals surface area (Å²) in [5.41, 5.74) is 17.8. The van der Waals surface area contributed by atoms with Crippen molar-refractivity contribution in [2.75, 3.05) is 14.7 Å². The maximum Gasteiger partial charge on any atom is 0.141 e. The Balaban J connectivity index is 1.19. The van der Waals surface area contributed by atoms with Gasteiger partial charge in [0.05, 0.1) is 34.1 Å². The number of benzene rings is 5. The van der Waals surface area contributed by atoms with Gasteiger partial charge in [0.1, 0.15) is 11.6 Å². The quantitative estimate of drug-likeness (QED) is 0.176. The first-order valence-electron chi connectivity index (χ1n) is 20.3. The molecule has 0 amide bonds. The highest BCUT2D eigenvalue weighted by Crippen LogP contribution is 2.63. The average molecular weight is 742 g/mol. The minimum absolute atomic E-state index is 0.199. The topological polar surface area (TPSA) is 35.5 Å². The highest BCUT2D eigenvalue weighted by atomic mass is 15.2. The zero-order chi connectivity index (χ0) is 39.2. The minimum Gasteiger partial charge on any atom is -0.310 e. The lowest BCUT2D eigenvalue weighted by Gasteiger charge is -2.50. The molecule has 11 rings (SSSR count). The standard InChI is InChI=1S/C52H47N5/c1-49(2)34-18-10-12-23-42(34)56(46-24-13-14-27-53-46)43-29-32(25-26-35(43)49)55-41-22-11-9-17-33(41)50(3,4)39-30-40-45(31-44(39)55)57-47-36(19-15-20-37(47)52(40,7)8)51(5,6)38-21-16-28-54-48(38)57/h9-31H,1-8H3. The number of para-hydroxylation sites is 3. The zero-order valence-corrected chi connectivity index (χ0v) is 34.0. The first kappa shape index (κ1) is 34.1. The van der Waals surface area contributed by atoms with Crippen LogP contribution in [-0.2, 0) is 21.7 Å². The fourth-order valence-corrected chi connectivity index (χ4v) is 10.8. The lowest BCUT2D eigenvalue weighted by atomic mass is 9.65. The molecule has 280 valence electrons. The van der Waals surface area contributed by atoms with E-state index in [2.05, 4.69) is 191 Å². The van der Waals surface area contributed by atoms with E-state index in [0.717, 1.165) is 28.7 Å². The molecule has 4 aliphatic rings. The first-order chi connectivity index (χ1) is 27.3. The number of fused-ring (bicyclic) bond motifs is 8. The van der Waals surface area contributed by atoms with Crippen LogP contribution < -0.4 is 14.7 Å². The number of anilines is 9. The molecule has 5 nitrogen and oxygen atoms in total. The lowest BCUT2D eigenvalue weighted by Crippen LogP contribution is -2.39. The van der Waals surface area contributed by atoms with Gasteiger partial charge in [0.2, 0.25) is 0 Å². The fourth-order valence-electron chi connectivity index (χ4n) is 10.8. The van der Waals surface area contributed by atoms with Crippen molar-refractivity contribution < 1.29 is 0 Å². The molecule has 0 fully saturated rings. The molecule has 0 saturated carbocycles. The number of pyridine rings is 2. The van der Waals surface area contributed by atoms with Gasteiger partial charge in [0.25, 0.3) is 0 Å². The van der Waals surface area contributed by atoms with E-state index < -0.39 is 0 Å². The maximum absolute atomic E-state index is 5.16. The van der Waals surface area contributed by atoms with Crippen molar-refractivity contribution >= 4 is 51.4 Å². The smallest absolute Gasteiger partial charge is 0.141 e. The van der Waals surface area contributed by atoms with Crippen LogP contribution in [0.4, 0.5) is 51.4 Å². The molecule has 0 aliphatic carbocycles. The van der Waals surface area contributed by atoms with E-state index >= 15 is 0 Å². The second-order valence-corrected chi connectivity index (χ2v) is 18.4. The molecular formula is C52H47N5. The van der Waals surface area contributed by atoms with E-state index in [0.29, 0.717) is 0 Å². The predicted molar refractivity (Wildman–Crippen MR) is 235 cm³/mol. The van der Waals surface area contributed by atoms with E-state index in [1.54, 1.807) is 0 Å². The van der Waals surface area contributed by atoms with Crippen LogP contribution in [0.3, 0.4) is 0 Å². The molecule has 0 radical (unpaired) electrons. The summed E-state index contributed by atoms with van der Waals surface area (Å²) in [5, 5.41) is 0. The number of hydrogen-bond donors (Lipinski definition) is 0. The fraction of sp³-hybridized carbons (Fsp3) is 0.231. The zero-order valence-electron chi connectivity index (χ0n) is 34.0. The molecule has 2 aromatic heterocycles. The SMILES string of the molecule is CC1(C)c2ccccc2N(c2ccc3c(c2)N(c2ccccn2)c2ccccc2C3(C)C)c2cc3c(cc21)C(C)(C)c1cccc2c1N3c1ncccc1C2(C)C. The maximum atomic E-state index is 5.16. The van der Waals surface area contributed by atoms with E-state index in [1.165, 1.54) is 67.3 Å². The van der Waals surface area contributed by atoms with Crippen LogP contribution in [-0.4, -0.2) is 9.97 Å². The highest BCUT2D eigenvalue weighted by molar-refractivity contribution is 5.97. The van der Waals surface area contributed by atoms with Crippen LogP contribution in [0.5, 0.6) is 0 Å². The predicted octanol–water partition coefficient (Wildman–Crippen LogP) is 13.4. The summed E-state index contributed by atoms with van der Waals surface area (Å²) in [6.07, 6.45) is 3.84. The molecule has 4 aliphatic heterocycles. The normalized spacial score (nSPS) is 17.9. The molecule has 6 heterocycles. The van der Waals surface area contributed by atoms with E-state index in [9.17, 15) is 0 Å². The summed E-state index contributed by atoms with van der Waals surface area (Å²) in [6.45, 7) is 19.0. The number of rotatable bonds is 2. The minimum atomic E-state index is -0.259. The third kappa shape index (κ3) is 4.35. The summed E-state index contributed by atoms with van der Waals surface area (Å²) in [7, 11) is 0. The molecule has 0 unspecified atom stereocenters. The second kappa shape index (κ2) is 11.2. The van der Waals surface area contributed by atoms with E-state index in [-0.39, 0.29) is 21.7 Å². The summed E-state index contributed by atoms with van der Waals surface area (Å²) in [6, 6.07) is 47.4. The van der Waals surface area contributed by atoms with E-state index in [1.807, 2.05) is 18.5 Å². The Kier molecular flexibility index (Phi) is 6.71. The van der Waals surface area contributed by atoms with Crippen LogP contribution in [0.2, 0.25) is 0 Å². The van der Waals surface area contributed by atoms with Gasteiger partial charge >= 0.3 is 0 Å². The number of aromatic nitrogens is 2. The Hall–Kier alpha value is -6.20. The van der Waals surface area contributed by atoms with Gasteiger partial charge in [-0.15, -0.1) is 0 Å². The van der Waals surface area contributed by atoms with Crippen LogP contribution in [0.1, 0.15) is 99.9 Å². The van der Waals surface area contributed by atoms with Gasteiger partial charge in [0, 0.05) is 45.3 Å². The molecule has 5 heteroatoms. The molecule has 0 bridgehead atoms. The third-order valence-corrected chi connectivity index (χ3v) is 13.9. The van der Waals surface area contributed by atoms with Crippen LogP contribution in [0.15, 0.2) is 140 Å². The molecule has 0 atom stereocenters. The largest absolute Gasteiger partial charge is 0.310 e. The number of nitrogens with zero attached hydrogens (tertiary/aromatic N) is 5. The lowest BCUT2D eigenvalue weighted by molar-refractivity contribution is 0.587. The Bertz CT molecular complexity index is 2830. The van der Waals surface area contributed by atoms with Gasteiger partial charge < -0.3 is 4.90 Å². The van der Waals surface area contributed by atoms with Crippen molar-refractivity contribution in [3.05, 3.63) is 184 Å². The molecule has 0 N–H and O–H groups in total. The van der Waals surface area contributed by atoms with Gasteiger partial charge in [-0.05, 0) is 93.5 Å². The summed E-state index contributed by atoms with van der Waals surface area (Å²) < 4.78 is 0. The Morgan fingerprint density at radius 3 is 1.54 bits per heavy atom. The van der Waals surface area contributed by atoms with Gasteiger partial charge in [-0.3, -0.25) is 9.80 Å². The highest BCUT2D eigenvalue weighted by Gasteiger charge is 2.48. The molecule has 5 aromatic carbocycles. The van der Waals surface area contributed by atoms with Crippen molar-refractivity contribution in [1.82, 2.24) is 9.97 Å². The third-order valence-electron chi connectivity index (χ3n) is 13.9. The van der Waals surface area contributed by atoms with Crippen molar-refractivity contribution in [2.45, 2.75) is 77.0 Å². The van der Waals surface area contributed by atoms with Crippen molar-refractivity contribution in [1.29, 1.82) is 0 Å². The van der Waals surface area contributed by atoms with Gasteiger partial charge in [-0.1, -0.05) is 128 Å². The second-order valence-electron chi connectivity index (χ2n) is 18.4. The summed E-state index contributed by atoms with van der Waals surface area (Å²) in [5.74, 6) is 1.92. The molecular weight excluding hydrogens is 695 g/mol. The van der Waals surface area contributed by atoms with Crippen LogP contribution in [0.25, 0.3) is 0 Å². The van der Waals surface area contributed by atoms with Crippen molar-refractivity contribution in [3.8, 4) is 0 Å². The Labute approximate surface area is 336 Å². The Morgan fingerprint density at radius 2 is 0.860 bits per heavy atom. The average Bonchev–Trinajstić information content (AvgIpc) is 3.21. The summed E-state index contributed by atoms with van der Waals surface area (Å²) >= 11 is 0. The monoisotopic (exact) mass is 741 g/mol. The van der Waals surface area contributed by atoms with Crippen molar-refractivity contribution in [3.63, 3.8) is 0 Å². The van der Waals surface area contributed by atoms with Gasteiger partial charge in [0.15, 0.2) is 0 Å². The Morgan fingerprint density at radius 1 is 0.351 bits per heavy atom. The van der Waals surface area contributed by atoms with Crippen LogP contribution in [0, 0.1) is 0 Å². The molecule has 57 heavy (non-hydrogen) atoms. The number of hydrogen-bond acceptors (Lipinski definition) is 5. The van der Waals surface area contributed by atoms with Gasteiger partial charge in [-0.25, -0.2) is 9.97 Å². The van der Waals surface area contributed by atoms with Crippen molar-refractivity contribution in [2.24, 2.45) is 0 Å². The molecule has 0 spiro atoms. The molecule has 7 aromatic rings. The summed E-state index contributed by atoms with van der Waals surface area (Å²) in [4.78, 5) is 17.4. The van der Waals surface area contributed by atoms with Crippen LogP contribution >= 0.6 is 0 Å². The first-order valence-corrected chi connectivity index (χ1v) is 20.3.